The third-order valence-electron chi connectivity index (χ3n) is 2.69. The van der Waals surface area contributed by atoms with E-state index in [2.05, 4.69) is 41.7 Å². The number of pyridine rings is 1. The minimum atomic E-state index is 0.0405. The molecule has 0 aliphatic heterocycles. The van der Waals surface area contributed by atoms with E-state index in [1.54, 1.807) is 23.6 Å². The first kappa shape index (κ1) is 13.7. The molecular weight excluding hydrogens is 287 g/mol. The predicted octanol–water partition coefficient (Wildman–Crippen LogP) is 4.84. The van der Waals surface area contributed by atoms with Gasteiger partial charge >= 0.3 is 0 Å². The van der Waals surface area contributed by atoms with Crippen molar-refractivity contribution in [2.24, 2.45) is 0 Å². The Morgan fingerprint density at radius 1 is 1.39 bits per heavy atom. The van der Waals surface area contributed by atoms with Gasteiger partial charge in [-0.05, 0) is 17.5 Å². The lowest BCUT2D eigenvalue weighted by Gasteiger charge is -2.24. The fraction of sp³-hybridized carbons (Fsp3) is 0.308. The Balaban J connectivity index is 2.07. The molecule has 0 radical (unpaired) electrons. The van der Waals surface area contributed by atoms with Crippen molar-refractivity contribution < 1.29 is 0 Å². The zero-order valence-electron chi connectivity index (χ0n) is 10.2. The smallest absolute Gasteiger partial charge is 0.144 e. The van der Waals surface area contributed by atoms with Gasteiger partial charge in [-0.3, -0.25) is 0 Å². The Labute approximate surface area is 121 Å². The lowest BCUT2D eigenvalue weighted by molar-refractivity contribution is 0.568. The van der Waals surface area contributed by atoms with E-state index >= 15 is 0 Å². The molecule has 0 aromatic carbocycles. The van der Waals surface area contributed by atoms with Crippen LogP contribution in [-0.4, -0.2) is 11.5 Å². The summed E-state index contributed by atoms with van der Waals surface area (Å²) in [6.07, 6.45) is 1.59. The Hall–Kier alpha value is -0.770. The molecule has 0 atom stereocenters. The highest BCUT2D eigenvalue weighted by Crippen LogP contribution is 2.29. The van der Waals surface area contributed by atoms with Crippen LogP contribution in [0.3, 0.4) is 0 Å². The van der Waals surface area contributed by atoms with E-state index in [9.17, 15) is 0 Å². The Morgan fingerprint density at radius 3 is 2.78 bits per heavy atom. The zero-order chi connectivity index (χ0) is 13.2. The first-order chi connectivity index (χ1) is 8.49. The Bertz CT molecular complexity index is 524. The van der Waals surface area contributed by atoms with E-state index < -0.39 is 0 Å². The number of nitrogens with zero attached hydrogens (tertiary/aromatic N) is 1. The first-order valence-electron chi connectivity index (χ1n) is 5.58. The van der Waals surface area contributed by atoms with E-state index in [4.69, 9.17) is 23.2 Å². The molecule has 2 aromatic rings. The summed E-state index contributed by atoms with van der Waals surface area (Å²) in [6.45, 7) is 5.15. The normalized spacial score (nSPS) is 11.6. The van der Waals surface area contributed by atoms with Gasteiger partial charge in [-0.25, -0.2) is 4.98 Å². The summed E-state index contributed by atoms with van der Waals surface area (Å²) < 4.78 is 0. The maximum absolute atomic E-state index is 6.08. The minimum absolute atomic E-state index is 0.0405. The molecule has 5 heteroatoms. The number of hydrogen-bond acceptors (Lipinski definition) is 3. The van der Waals surface area contributed by atoms with Gasteiger partial charge in [0.05, 0.1) is 10.0 Å². The molecule has 0 bridgehead atoms. The topological polar surface area (TPSA) is 24.9 Å². The number of nitrogens with one attached hydrogen (secondary N) is 1. The lowest BCUT2D eigenvalue weighted by atomic mass is 9.91. The molecule has 2 rings (SSSR count). The highest BCUT2D eigenvalue weighted by atomic mass is 35.5. The van der Waals surface area contributed by atoms with Crippen molar-refractivity contribution in [3.8, 4) is 0 Å². The average Bonchev–Trinajstić information content (AvgIpc) is 2.82. The second kappa shape index (κ2) is 5.47. The molecule has 0 saturated carbocycles. The van der Waals surface area contributed by atoms with Crippen molar-refractivity contribution in [2.45, 2.75) is 19.3 Å². The summed E-state index contributed by atoms with van der Waals surface area (Å²) in [4.78, 5) is 5.52. The maximum atomic E-state index is 6.08. The molecule has 0 saturated heterocycles. The molecular formula is C13H14Cl2N2S. The number of halogens is 2. The Kier molecular flexibility index (Phi) is 4.15. The van der Waals surface area contributed by atoms with Crippen LogP contribution in [0.15, 0.2) is 29.8 Å². The van der Waals surface area contributed by atoms with Crippen LogP contribution < -0.4 is 5.32 Å². The fourth-order valence-electron chi connectivity index (χ4n) is 1.60. The molecule has 0 amide bonds. The molecule has 96 valence electrons. The van der Waals surface area contributed by atoms with Gasteiger partial charge in [0, 0.05) is 23.0 Å². The van der Waals surface area contributed by atoms with Gasteiger partial charge in [0.15, 0.2) is 0 Å². The van der Waals surface area contributed by atoms with Gasteiger partial charge in [0.25, 0.3) is 0 Å². The Morgan fingerprint density at radius 2 is 2.17 bits per heavy atom. The molecule has 2 nitrogen and oxygen atoms in total. The number of aromatic nitrogens is 1. The molecule has 2 aromatic heterocycles. The largest absolute Gasteiger partial charge is 0.368 e. The van der Waals surface area contributed by atoms with Crippen LogP contribution in [0.5, 0.6) is 0 Å². The van der Waals surface area contributed by atoms with E-state index in [1.807, 2.05) is 0 Å². The van der Waals surface area contributed by atoms with Gasteiger partial charge < -0.3 is 5.32 Å². The summed E-state index contributed by atoms with van der Waals surface area (Å²) in [6, 6.07) is 5.90. The second-order valence-electron chi connectivity index (χ2n) is 4.70. The van der Waals surface area contributed by atoms with Crippen LogP contribution in [0.4, 0.5) is 5.82 Å². The quantitative estimate of drug-likeness (QED) is 0.874. The molecule has 0 unspecified atom stereocenters. The van der Waals surface area contributed by atoms with Gasteiger partial charge in [0.1, 0.15) is 5.82 Å². The molecule has 0 aliphatic carbocycles. The van der Waals surface area contributed by atoms with E-state index in [0.29, 0.717) is 15.9 Å². The fourth-order valence-corrected chi connectivity index (χ4v) is 2.90. The number of hydrogen-bond donors (Lipinski definition) is 1. The number of rotatable bonds is 4. The van der Waals surface area contributed by atoms with E-state index in [-0.39, 0.29) is 5.41 Å². The number of thiophene rings is 1. The van der Waals surface area contributed by atoms with Gasteiger partial charge in [0.2, 0.25) is 0 Å². The monoisotopic (exact) mass is 300 g/mol. The third-order valence-corrected chi connectivity index (χ3v) is 4.42. The number of anilines is 1. The van der Waals surface area contributed by atoms with Crippen LogP contribution in [0.1, 0.15) is 18.7 Å². The summed E-state index contributed by atoms with van der Waals surface area (Å²) in [7, 11) is 0. The molecule has 2 heterocycles. The van der Waals surface area contributed by atoms with Crippen molar-refractivity contribution in [1.29, 1.82) is 0 Å². The van der Waals surface area contributed by atoms with Crippen molar-refractivity contribution in [2.75, 3.05) is 11.9 Å². The van der Waals surface area contributed by atoms with E-state index in [1.165, 1.54) is 4.88 Å². The van der Waals surface area contributed by atoms with Gasteiger partial charge in [-0.2, -0.15) is 0 Å². The van der Waals surface area contributed by atoms with E-state index in [0.717, 1.165) is 6.54 Å². The van der Waals surface area contributed by atoms with Crippen molar-refractivity contribution >= 4 is 40.4 Å². The average molecular weight is 301 g/mol. The summed E-state index contributed by atoms with van der Waals surface area (Å²) in [5, 5.41) is 6.45. The highest BCUT2D eigenvalue weighted by molar-refractivity contribution is 7.10. The molecule has 0 aliphatic rings. The lowest BCUT2D eigenvalue weighted by Crippen LogP contribution is -2.26. The standard InChI is InChI=1S/C13H14Cl2N2S/c1-13(2,11-4-3-5-18-11)8-17-12-10(15)6-9(14)7-16-12/h3-7H,8H2,1-2H3,(H,16,17). The SMILES string of the molecule is CC(C)(CNc1ncc(Cl)cc1Cl)c1cccs1. The predicted molar refractivity (Wildman–Crippen MR) is 80.1 cm³/mol. The third kappa shape index (κ3) is 3.16. The van der Waals surface area contributed by atoms with Crippen molar-refractivity contribution in [3.05, 3.63) is 44.7 Å². The molecule has 1 N–H and O–H groups in total. The molecule has 0 spiro atoms. The highest BCUT2D eigenvalue weighted by Gasteiger charge is 2.21. The summed E-state index contributed by atoms with van der Waals surface area (Å²) >= 11 is 13.6. The van der Waals surface area contributed by atoms with Gasteiger partial charge in [-0.1, -0.05) is 43.1 Å². The summed E-state index contributed by atoms with van der Waals surface area (Å²) in [5.74, 6) is 0.672. The first-order valence-corrected chi connectivity index (χ1v) is 7.21. The van der Waals surface area contributed by atoms with Crippen LogP contribution in [0.25, 0.3) is 0 Å². The van der Waals surface area contributed by atoms with Crippen LogP contribution >= 0.6 is 34.5 Å². The maximum Gasteiger partial charge on any atom is 0.144 e. The van der Waals surface area contributed by atoms with Crippen LogP contribution in [0, 0.1) is 0 Å². The van der Waals surface area contributed by atoms with Crippen LogP contribution in [0.2, 0.25) is 10.0 Å². The molecule has 18 heavy (non-hydrogen) atoms. The molecule has 0 fully saturated rings. The van der Waals surface area contributed by atoms with Gasteiger partial charge in [-0.15, -0.1) is 11.3 Å². The van der Waals surface area contributed by atoms with Crippen molar-refractivity contribution in [3.63, 3.8) is 0 Å². The van der Waals surface area contributed by atoms with Crippen LogP contribution in [-0.2, 0) is 5.41 Å². The second-order valence-corrected chi connectivity index (χ2v) is 6.49. The minimum Gasteiger partial charge on any atom is -0.368 e. The van der Waals surface area contributed by atoms with Crippen molar-refractivity contribution in [1.82, 2.24) is 4.98 Å². The zero-order valence-corrected chi connectivity index (χ0v) is 12.5. The summed E-state index contributed by atoms with van der Waals surface area (Å²) in [5.41, 5.74) is 0.0405.